The smallest absolute Gasteiger partial charge is 0.229 e. The molecule has 0 unspecified atom stereocenters. The molecule has 23 heavy (non-hydrogen) atoms. The zero-order valence-electron chi connectivity index (χ0n) is 11.9. The Kier molecular flexibility index (Phi) is 4.22. The van der Waals surface area contributed by atoms with Crippen LogP contribution in [-0.2, 0) is 16.4 Å². The van der Waals surface area contributed by atoms with Crippen molar-refractivity contribution in [1.29, 1.82) is 0 Å². The van der Waals surface area contributed by atoms with Gasteiger partial charge in [0.05, 0.1) is 30.4 Å². The Hall–Kier alpha value is -1.77. The molecular formula is C13H12Cl2N4O3S. The fourth-order valence-corrected chi connectivity index (χ4v) is 3.01. The quantitative estimate of drug-likeness (QED) is 0.799. The predicted octanol–water partition coefficient (Wildman–Crippen LogP) is 2.83. The van der Waals surface area contributed by atoms with Crippen LogP contribution in [0.3, 0.4) is 0 Å². The van der Waals surface area contributed by atoms with E-state index in [0.717, 1.165) is 18.2 Å². The summed E-state index contributed by atoms with van der Waals surface area (Å²) in [5, 5.41) is 3.27. The molecular weight excluding hydrogens is 363 g/mol. The summed E-state index contributed by atoms with van der Waals surface area (Å²) in [6.07, 6.45) is 3.17. The number of sulfonamides is 1. The zero-order chi connectivity index (χ0) is 16.6. The molecule has 0 bridgehead atoms. The molecule has 1 aromatic carbocycles. The Morgan fingerprint density at radius 1 is 1.26 bits per heavy atom. The molecule has 0 fully saturated rings. The standard InChI is InChI=1S/C13H12Cl2N4O3S/c1-23(20,21)19-10-5-11-7(2-3-22-11)4-9(10)17-12-8(14)6-16-13(15)18-12/h4-6,19H,2-3H2,1H3,(H,16,17,18). The number of fused-ring (bicyclic) bond motifs is 1. The first-order chi connectivity index (χ1) is 10.8. The molecule has 1 aliphatic rings. The molecule has 0 saturated heterocycles. The average molecular weight is 375 g/mol. The molecule has 122 valence electrons. The highest BCUT2D eigenvalue weighted by molar-refractivity contribution is 7.92. The largest absolute Gasteiger partial charge is 0.493 e. The summed E-state index contributed by atoms with van der Waals surface area (Å²) in [6.45, 7) is 0.553. The van der Waals surface area contributed by atoms with Crippen molar-refractivity contribution in [3.8, 4) is 5.75 Å². The summed E-state index contributed by atoms with van der Waals surface area (Å²) in [7, 11) is -3.47. The highest BCUT2D eigenvalue weighted by Crippen LogP contribution is 2.37. The topological polar surface area (TPSA) is 93.2 Å². The van der Waals surface area contributed by atoms with Crippen molar-refractivity contribution in [2.45, 2.75) is 6.42 Å². The van der Waals surface area contributed by atoms with E-state index in [2.05, 4.69) is 20.0 Å². The zero-order valence-corrected chi connectivity index (χ0v) is 14.3. The van der Waals surface area contributed by atoms with Gasteiger partial charge in [-0.2, -0.15) is 4.98 Å². The van der Waals surface area contributed by atoms with Crippen LogP contribution in [0.2, 0.25) is 10.3 Å². The highest BCUT2D eigenvalue weighted by atomic mass is 35.5. The van der Waals surface area contributed by atoms with E-state index >= 15 is 0 Å². The SMILES string of the molecule is CS(=O)(=O)Nc1cc2c(cc1Nc1nc(Cl)ncc1Cl)CCO2. The number of nitrogens with zero attached hydrogens (tertiary/aromatic N) is 2. The lowest BCUT2D eigenvalue weighted by Gasteiger charge is -2.15. The minimum Gasteiger partial charge on any atom is -0.493 e. The van der Waals surface area contributed by atoms with Gasteiger partial charge in [-0.15, -0.1) is 0 Å². The second kappa shape index (κ2) is 6.03. The first-order valence-electron chi connectivity index (χ1n) is 6.54. The van der Waals surface area contributed by atoms with Crippen molar-refractivity contribution in [3.05, 3.63) is 34.2 Å². The second-order valence-corrected chi connectivity index (χ2v) is 7.43. The van der Waals surface area contributed by atoms with Crippen LogP contribution >= 0.6 is 23.2 Å². The lowest BCUT2D eigenvalue weighted by Crippen LogP contribution is -2.11. The molecule has 0 atom stereocenters. The van der Waals surface area contributed by atoms with Crippen LogP contribution < -0.4 is 14.8 Å². The Morgan fingerprint density at radius 2 is 2.04 bits per heavy atom. The molecule has 0 aliphatic carbocycles. The Bertz CT molecular complexity index is 874. The summed E-state index contributed by atoms with van der Waals surface area (Å²) < 4.78 is 31.1. The van der Waals surface area contributed by atoms with Crippen molar-refractivity contribution in [2.75, 3.05) is 22.9 Å². The van der Waals surface area contributed by atoms with Gasteiger partial charge in [0, 0.05) is 12.5 Å². The number of hydrogen-bond acceptors (Lipinski definition) is 6. The maximum absolute atomic E-state index is 11.6. The van der Waals surface area contributed by atoms with E-state index in [-0.39, 0.29) is 16.1 Å². The number of hydrogen-bond donors (Lipinski definition) is 2. The third-order valence-corrected chi connectivity index (χ3v) is 4.14. The normalized spacial score (nSPS) is 13.3. The van der Waals surface area contributed by atoms with Gasteiger partial charge >= 0.3 is 0 Å². The van der Waals surface area contributed by atoms with E-state index in [9.17, 15) is 8.42 Å². The molecule has 0 saturated carbocycles. The fourth-order valence-electron chi connectivity index (χ4n) is 2.17. The van der Waals surface area contributed by atoms with Crippen LogP contribution in [0.25, 0.3) is 0 Å². The van der Waals surface area contributed by atoms with E-state index < -0.39 is 10.0 Å². The molecule has 10 heteroatoms. The molecule has 0 amide bonds. The van der Waals surface area contributed by atoms with Crippen LogP contribution in [0.1, 0.15) is 5.56 Å². The van der Waals surface area contributed by atoms with Gasteiger partial charge in [-0.25, -0.2) is 13.4 Å². The van der Waals surface area contributed by atoms with Gasteiger partial charge in [0.2, 0.25) is 15.3 Å². The van der Waals surface area contributed by atoms with Crippen molar-refractivity contribution in [1.82, 2.24) is 9.97 Å². The van der Waals surface area contributed by atoms with Crippen LogP contribution in [0.4, 0.5) is 17.2 Å². The molecule has 2 aromatic rings. The Labute approximate surface area is 143 Å². The van der Waals surface area contributed by atoms with Crippen LogP contribution in [0.5, 0.6) is 5.75 Å². The Balaban J connectivity index is 2.04. The molecule has 2 heterocycles. The minimum absolute atomic E-state index is 0.0269. The van der Waals surface area contributed by atoms with Gasteiger partial charge in [0.15, 0.2) is 5.82 Å². The second-order valence-electron chi connectivity index (χ2n) is 4.94. The lowest BCUT2D eigenvalue weighted by molar-refractivity contribution is 0.357. The molecule has 2 N–H and O–H groups in total. The van der Waals surface area contributed by atoms with Gasteiger partial charge in [-0.3, -0.25) is 4.72 Å². The van der Waals surface area contributed by atoms with E-state index in [1.54, 1.807) is 12.1 Å². The molecule has 3 rings (SSSR count). The molecule has 1 aromatic heterocycles. The van der Waals surface area contributed by atoms with Gasteiger partial charge in [-0.1, -0.05) is 11.6 Å². The van der Waals surface area contributed by atoms with Gasteiger partial charge in [0.25, 0.3) is 0 Å². The minimum atomic E-state index is -3.47. The third kappa shape index (κ3) is 3.77. The molecule has 0 spiro atoms. The summed E-state index contributed by atoms with van der Waals surface area (Å²) in [5.74, 6) is 0.926. The summed E-state index contributed by atoms with van der Waals surface area (Å²) >= 11 is 11.8. The van der Waals surface area contributed by atoms with Gasteiger partial charge < -0.3 is 10.1 Å². The number of rotatable bonds is 4. The first-order valence-corrected chi connectivity index (χ1v) is 9.19. The highest BCUT2D eigenvalue weighted by Gasteiger charge is 2.19. The van der Waals surface area contributed by atoms with Crippen molar-refractivity contribution in [2.24, 2.45) is 0 Å². The maximum Gasteiger partial charge on any atom is 0.229 e. The van der Waals surface area contributed by atoms with Crippen LogP contribution in [0.15, 0.2) is 18.3 Å². The van der Waals surface area contributed by atoms with E-state index in [1.165, 1.54) is 6.20 Å². The number of halogens is 2. The van der Waals surface area contributed by atoms with Gasteiger partial charge in [0.1, 0.15) is 10.8 Å². The lowest BCUT2D eigenvalue weighted by atomic mass is 10.1. The van der Waals surface area contributed by atoms with Crippen molar-refractivity contribution >= 4 is 50.4 Å². The number of ether oxygens (including phenoxy) is 1. The summed E-state index contributed by atoms with van der Waals surface area (Å²) in [4.78, 5) is 7.77. The summed E-state index contributed by atoms with van der Waals surface area (Å²) in [5.41, 5.74) is 1.79. The number of benzene rings is 1. The summed E-state index contributed by atoms with van der Waals surface area (Å²) in [6, 6.07) is 3.42. The maximum atomic E-state index is 11.6. The number of aromatic nitrogens is 2. The monoisotopic (exact) mass is 374 g/mol. The van der Waals surface area contributed by atoms with Crippen molar-refractivity contribution in [3.63, 3.8) is 0 Å². The molecule has 7 nitrogen and oxygen atoms in total. The number of anilines is 3. The average Bonchev–Trinajstić information content (AvgIpc) is 2.88. The van der Waals surface area contributed by atoms with Gasteiger partial charge in [-0.05, 0) is 23.2 Å². The number of nitrogens with one attached hydrogen (secondary N) is 2. The third-order valence-electron chi connectivity index (χ3n) is 3.09. The van der Waals surface area contributed by atoms with E-state index in [1.807, 2.05) is 0 Å². The van der Waals surface area contributed by atoms with Crippen LogP contribution in [-0.4, -0.2) is 31.2 Å². The Morgan fingerprint density at radius 3 is 2.78 bits per heavy atom. The fraction of sp³-hybridized carbons (Fsp3) is 0.231. The molecule has 1 aliphatic heterocycles. The van der Waals surface area contributed by atoms with E-state index in [0.29, 0.717) is 23.7 Å². The van der Waals surface area contributed by atoms with Crippen LogP contribution in [0, 0.1) is 0 Å². The first kappa shape index (κ1) is 16.1. The van der Waals surface area contributed by atoms with E-state index in [4.69, 9.17) is 27.9 Å². The predicted molar refractivity (Wildman–Crippen MR) is 89.4 cm³/mol. The van der Waals surface area contributed by atoms with Crippen molar-refractivity contribution < 1.29 is 13.2 Å². The molecule has 0 radical (unpaired) electrons.